The maximum Gasteiger partial charge on any atom is 0.312 e. The van der Waals surface area contributed by atoms with Gasteiger partial charge in [0.1, 0.15) is 12.4 Å². The lowest BCUT2D eigenvalue weighted by Gasteiger charge is -2.34. The number of hydrogen-bond donors (Lipinski definition) is 2. The second kappa shape index (κ2) is 9.47. The molecule has 1 aromatic heterocycles. The van der Waals surface area contributed by atoms with E-state index < -0.39 is 5.91 Å². The second-order valence-electron chi connectivity index (χ2n) is 5.54. The van der Waals surface area contributed by atoms with E-state index in [4.69, 9.17) is 10.5 Å². The Bertz CT molecular complexity index is 667. The van der Waals surface area contributed by atoms with Gasteiger partial charge in [0, 0.05) is 46.4 Å². The first-order valence-electron chi connectivity index (χ1n) is 8.19. The number of nitrogens with two attached hydrogens (primary N) is 1. The molecule has 0 saturated carbocycles. The van der Waals surface area contributed by atoms with Crippen molar-refractivity contribution in [2.45, 2.75) is 6.92 Å². The molecule has 2 heterocycles. The molecule has 0 aliphatic carbocycles. The van der Waals surface area contributed by atoms with Crippen LogP contribution in [-0.4, -0.2) is 73.6 Å². The van der Waals surface area contributed by atoms with Crippen LogP contribution in [0, 0.1) is 0 Å². The first-order valence-corrected chi connectivity index (χ1v) is 8.19. The van der Waals surface area contributed by atoms with Crippen molar-refractivity contribution in [1.29, 1.82) is 0 Å². The Morgan fingerprint density at radius 1 is 1.35 bits per heavy atom. The fraction of sp³-hybridized carbons (Fsp3) is 0.438. The number of rotatable bonds is 5. The molecule has 0 atom stereocenters. The molecular formula is C16H23N7O3. The number of carbonyl (C=O) groups is 2. The molecule has 0 spiro atoms. The molecule has 0 unspecified atom stereocenters. The van der Waals surface area contributed by atoms with Gasteiger partial charge in [-0.05, 0) is 12.1 Å². The van der Waals surface area contributed by atoms with Gasteiger partial charge in [-0.3, -0.25) is 9.59 Å². The minimum absolute atomic E-state index is 0.0824. The molecule has 10 heteroatoms. The summed E-state index contributed by atoms with van der Waals surface area (Å²) in [5, 5.41) is 9.49. The Balaban J connectivity index is 1.94. The molecule has 1 aliphatic rings. The topological polar surface area (TPSA) is 126 Å². The number of aromatic nitrogens is 1. The second-order valence-corrected chi connectivity index (χ2v) is 5.54. The van der Waals surface area contributed by atoms with E-state index in [0.29, 0.717) is 31.9 Å². The predicted octanol–water partition coefficient (Wildman–Crippen LogP) is -0.322. The molecule has 2 rings (SSSR count). The summed E-state index contributed by atoms with van der Waals surface area (Å²) in [6.45, 7) is 7.94. The lowest BCUT2D eigenvalue weighted by Crippen LogP contribution is -2.48. The average molecular weight is 361 g/mol. The highest BCUT2D eigenvalue weighted by Crippen LogP contribution is 2.16. The molecule has 0 radical (unpaired) electrons. The summed E-state index contributed by atoms with van der Waals surface area (Å²) < 4.78 is 5.13. The van der Waals surface area contributed by atoms with Gasteiger partial charge in [0.25, 0.3) is 5.90 Å². The summed E-state index contributed by atoms with van der Waals surface area (Å²) >= 11 is 0. The number of carbonyl (C=O) groups excluding carboxylic acids is 2. The van der Waals surface area contributed by atoms with E-state index in [1.165, 1.54) is 0 Å². The van der Waals surface area contributed by atoms with Crippen LogP contribution in [0.2, 0.25) is 0 Å². The third-order valence-corrected chi connectivity index (χ3v) is 3.77. The normalized spacial score (nSPS) is 14.8. The van der Waals surface area contributed by atoms with Crippen LogP contribution in [-0.2, 0) is 14.3 Å². The monoisotopic (exact) mass is 361 g/mol. The van der Waals surface area contributed by atoms with Crippen LogP contribution in [0.4, 0.5) is 11.5 Å². The fourth-order valence-corrected chi connectivity index (χ4v) is 2.44. The van der Waals surface area contributed by atoms with Gasteiger partial charge in [-0.15, -0.1) is 5.10 Å². The van der Waals surface area contributed by atoms with Crippen LogP contribution in [0.5, 0.6) is 0 Å². The Hall–Kier alpha value is -3.01. The number of piperazine rings is 1. The maximum atomic E-state index is 12.1. The van der Waals surface area contributed by atoms with Crippen LogP contribution in [0.3, 0.4) is 0 Å². The van der Waals surface area contributed by atoms with Crippen molar-refractivity contribution in [3.63, 3.8) is 0 Å². The van der Waals surface area contributed by atoms with Crippen molar-refractivity contribution < 1.29 is 14.3 Å². The Kier molecular flexibility index (Phi) is 7.03. The van der Waals surface area contributed by atoms with Gasteiger partial charge >= 0.3 is 5.91 Å². The van der Waals surface area contributed by atoms with E-state index in [1.807, 2.05) is 6.07 Å². The molecular weight excluding hydrogens is 338 g/mol. The van der Waals surface area contributed by atoms with Crippen LogP contribution in [0.25, 0.3) is 0 Å². The van der Waals surface area contributed by atoms with Crippen molar-refractivity contribution in [1.82, 2.24) is 9.88 Å². The standard InChI is InChI=1S/C16H23N7O3/c1-12(24)22-6-8-23(9-7-22)14-4-3-13(11-19-14)20-15(25)16(21-18-2)26-10-5-17/h3-4,11H,2,5-10,17H2,1H3,(H,20,25)/b21-16-. The molecule has 3 N–H and O–H groups in total. The molecule has 10 nitrogen and oxygen atoms in total. The van der Waals surface area contributed by atoms with Gasteiger partial charge < -0.3 is 25.6 Å². The summed E-state index contributed by atoms with van der Waals surface area (Å²) in [6, 6.07) is 3.54. The largest absolute Gasteiger partial charge is 0.471 e. The van der Waals surface area contributed by atoms with E-state index in [2.05, 4.69) is 32.1 Å². The van der Waals surface area contributed by atoms with Crippen LogP contribution < -0.4 is 16.0 Å². The third-order valence-electron chi connectivity index (χ3n) is 3.77. The number of nitrogens with one attached hydrogen (secondary N) is 1. The molecule has 1 aromatic rings. The van der Waals surface area contributed by atoms with Gasteiger partial charge in [0.15, 0.2) is 0 Å². The number of anilines is 2. The Labute approximate surface area is 151 Å². The van der Waals surface area contributed by atoms with Crippen molar-refractivity contribution >= 4 is 35.9 Å². The number of nitrogens with zero attached hydrogens (tertiary/aromatic N) is 5. The molecule has 26 heavy (non-hydrogen) atoms. The van der Waals surface area contributed by atoms with E-state index in [0.717, 1.165) is 5.82 Å². The average Bonchev–Trinajstić information content (AvgIpc) is 2.65. The molecule has 2 amide bonds. The van der Waals surface area contributed by atoms with E-state index in [-0.39, 0.29) is 25.0 Å². The van der Waals surface area contributed by atoms with Crippen molar-refractivity contribution in [2.24, 2.45) is 15.9 Å². The maximum absolute atomic E-state index is 12.1. The summed E-state index contributed by atoms with van der Waals surface area (Å²) in [5.74, 6) is 0.0941. The highest BCUT2D eigenvalue weighted by molar-refractivity contribution is 6.39. The van der Waals surface area contributed by atoms with E-state index >= 15 is 0 Å². The summed E-state index contributed by atoms with van der Waals surface area (Å²) in [6.07, 6.45) is 1.55. The Morgan fingerprint density at radius 2 is 2.08 bits per heavy atom. The van der Waals surface area contributed by atoms with Crippen LogP contribution in [0.1, 0.15) is 6.92 Å². The molecule has 1 saturated heterocycles. The van der Waals surface area contributed by atoms with Gasteiger partial charge in [0.05, 0.1) is 11.9 Å². The SMILES string of the molecule is C=N/N=C(\OCCN)C(=O)Nc1ccc(N2CCN(C(C)=O)CC2)nc1. The smallest absolute Gasteiger partial charge is 0.312 e. The lowest BCUT2D eigenvalue weighted by atomic mass is 10.3. The highest BCUT2D eigenvalue weighted by Gasteiger charge is 2.20. The number of hydrogen-bond acceptors (Lipinski definition) is 8. The zero-order chi connectivity index (χ0) is 18.9. The molecule has 140 valence electrons. The third kappa shape index (κ3) is 5.24. The predicted molar refractivity (Wildman–Crippen MR) is 99.3 cm³/mol. The van der Waals surface area contributed by atoms with Gasteiger partial charge in [-0.2, -0.15) is 5.10 Å². The molecule has 0 aromatic carbocycles. The van der Waals surface area contributed by atoms with E-state index in [9.17, 15) is 9.59 Å². The summed E-state index contributed by atoms with van der Waals surface area (Å²) in [5.41, 5.74) is 5.84. The molecule has 0 bridgehead atoms. The van der Waals surface area contributed by atoms with E-state index in [1.54, 1.807) is 24.1 Å². The van der Waals surface area contributed by atoms with Gasteiger partial charge in [-0.25, -0.2) is 4.98 Å². The first kappa shape index (κ1) is 19.3. The number of ether oxygens (including phenoxy) is 1. The Morgan fingerprint density at radius 3 is 2.62 bits per heavy atom. The minimum atomic E-state index is -0.560. The van der Waals surface area contributed by atoms with Gasteiger partial charge in [-0.1, -0.05) is 0 Å². The molecule has 1 fully saturated rings. The van der Waals surface area contributed by atoms with Crippen molar-refractivity contribution in [3.05, 3.63) is 18.3 Å². The quantitative estimate of drug-likeness (QED) is 0.420. The van der Waals surface area contributed by atoms with Crippen LogP contribution in [0.15, 0.2) is 28.5 Å². The zero-order valence-corrected chi connectivity index (χ0v) is 14.7. The highest BCUT2D eigenvalue weighted by atomic mass is 16.5. The summed E-state index contributed by atoms with van der Waals surface area (Å²) in [7, 11) is 0. The molecule has 1 aliphatic heterocycles. The van der Waals surface area contributed by atoms with Crippen molar-refractivity contribution in [3.8, 4) is 0 Å². The van der Waals surface area contributed by atoms with Crippen molar-refractivity contribution in [2.75, 3.05) is 49.5 Å². The summed E-state index contributed by atoms with van der Waals surface area (Å²) in [4.78, 5) is 31.8. The lowest BCUT2D eigenvalue weighted by molar-refractivity contribution is -0.129. The number of pyridine rings is 1. The van der Waals surface area contributed by atoms with Gasteiger partial charge in [0.2, 0.25) is 5.91 Å². The fourth-order valence-electron chi connectivity index (χ4n) is 2.44. The minimum Gasteiger partial charge on any atom is -0.471 e. The zero-order valence-electron chi connectivity index (χ0n) is 14.7. The first-order chi connectivity index (χ1) is 12.5. The van der Waals surface area contributed by atoms with Crippen LogP contribution >= 0.6 is 0 Å². The number of amides is 2.